The van der Waals surface area contributed by atoms with E-state index < -0.39 is 17.5 Å². The Bertz CT molecular complexity index is 427. The van der Waals surface area contributed by atoms with Gasteiger partial charge < -0.3 is 10.6 Å². The van der Waals surface area contributed by atoms with Crippen LogP contribution in [0, 0.1) is 17.5 Å². The van der Waals surface area contributed by atoms with E-state index in [9.17, 15) is 18.0 Å². The SMILES string of the molecule is CC(C)NC(=O)CCNCc1cc(F)c(F)c(F)c1. The second kappa shape index (κ2) is 7.13. The van der Waals surface area contributed by atoms with Gasteiger partial charge in [-0.15, -0.1) is 0 Å². The summed E-state index contributed by atoms with van der Waals surface area (Å²) in [5.41, 5.74) is 0.292. The first-order valence-corrected chi connectivity index (χ1v) is 6.03. The molecule has 19 heavy (non-hydrogen) atoms. The summed E-state index contributed by atoms with van der Waals surface area (Å²) < 4.78 is 38.5. The van der Waals surface area contributed by atoms with Gasteiger partial charge in [-0.1, -0.05) is 0 Å². The smallest absolute Gasteiger partial charge is 0.221 e. The fraction of sp³-hybridized carbons (Fsp3) is 0.462. The van der Waals surface area contributed by atoms with Crippen LogP contribution >= 0.6 is 0 Å². The van der Waals surface area contributed by atoms with Gasteiger partial charge in [-0.05, 0) is 31.5 Å². The monoisotopic (exact) mass is 274 g/mol. The van der Waals surface area contributed by atoms with Gasteiger partial charge in [0.25, 0.3) is 0 Å². The van der Waals surface area contributed by atoms with Crippen molar-refractivity contribution in [1.29, 1.82) is 0 Å². The quantitative estimate of drug-likeness (QED) is 0.616. The molecule has 0 unspecified atom stereocenters. The fourth-order valence-electron chi connectivity index (χ4n) is 1.54. The maximum Gasteiger partial charge on any atom is 0.221 e. The first-order chi connectivity index (χ1) is 8.90. The summed E-state index contributed by atoms with van der Waals surface area (Å²) in [7, 11) is 0. The van der Waals surface area contributed by atoms with Crippen LogP contribution in [0.4, 0.5) is 13.2 Å². The maximum absolute atomic E-state index is 12.9. The molecule has 0 bridgehead atoms. The Morgan fingerprint density at radius 2 is 1.79 bits per heavy atom. The molecule has 0 spiro atoms. The van der Waals surface area contributed by atoms with Gasteiger partial charge in [0.05, 0.1) is 0 Å². The standard InChI is InChI=1S/C13H17F3N2O/c1-8(2)18-12(19)3-4-17-7-9-5-10(14)13(16)11(15)6-9/h5-6,8,17H,3-4,7H2,1-2H3,(H,18,19). The zero-order chi connectivity index (χ0) is 14.4. The molecule has 0 aliphatic heterocycles. The zero-order valence-corrected chi connectivity index (χ0v) is 10.9. The third kappa shape index (κ3) is 5.30. The maximum atomic E-state index is 12.9. The lowest BCUT2D eigenvalue weighted by molar-refractivity contribution is -0.121. The minimum Gasteiger partial charge on any atom is -0.354 e. The minimum atomic E-state index is -1.47. The lowest BCUT2D eigenvalue weighted by Crippen LogP contribution is -2.32. The highest BCUT2D eigenvalue weighted by Gasteiger charge is 2.10. The Morgan fingerprint density at radius 3 is 2.32 bits per heavy atom. The minimum absolute atomic E-state index is 0.0767. The highest BCUT2D eigenvalue weighted by Crippen LogP contribution is 2.13. The third-order valence-electron chi connectivity index (χ3n) is 2.35. The average Bonchev–Trinajstić information content (AvgIpc) is 2.30. The van der Waals surface area contributed by atoms with Gasteiger partial charge in [0.2, 0.25) is 5.91 Å². The van der Waals surface area contributed by atoms with Crippen LogP contribution in [0.2, 0.25) is 0 Å². The summed E-state index contributed by atoms with van der Waals surface area (Å²) in [5, 5.41) is 5.58. The van der Waals surface area contributed by atoms with Crippen molar-refractivity contribution in [3.8, 4) is 0 Å². The number of hydrogen-bond donors (Lipinski definition) is 2. The topological polar surface area (TPSA) is 41.1 Å². The van der Waals surface area contributed by atoms with Crippen LogP contribution in [0.5, 0.6) is 0 Å². The molecule has 6 heteroatoms. The summed E-state index contributed by atoms with van der Waals surface area (Å²) in [6, 6.07) is 1.94. The average molecular weight is 274 g/mol. The van der Waals surface area contributed by atoms with E-state index in [0.717, 1.165) is 12.1 Å². The number of benzene rings is 1. The molecule has 3 nitrogen and oxygen atoms in total. The fourth-order valence-corrected chi connectivity index (χ4v) is 1.54. The molecule has 0 aliphatic rings. The van der Waals surface area contributed by atoms with E-state index in [2.05, 4.69) is 10.6 Å². The van der Waals surface area contributed by atoms with Gasteiger partial charge >= 0.3 is 0 Å². The number of amides is 1. The first kappa shape index (κ1) is 15.5. The van der Waals surface area contributed by atoms with E-state index in [-0.39, 0.29) is 24.9 Å². The van der Waals surface area contributed by atoms with E-state index in [4.69, 9.17) is 0 Å². The molecular formula is C13H17F3N2O. The zero-order valence-electron chi connectivity index (χ0n) is 10.9. The molecule has 0 aromatic heterocycles. The van der Waals surface area contributed by atoms with Crippen molar-refractivity contribution in [2.45, 2.75) is 32.9 Å². The summed E-state index contributed by atoms with van der Waals surface area (Å²) >= 11 is 0. The van der Waals surface area contributed by atoms with Gasteiger partial charge in [0.15, 0.2) is 17.5 Å². The van der Waals surface area contributed by atoms with Crippen molar-refractivity contribution in [3.05, 3.63) is 35.1 Å². The lowest BCUT2D eigenvalue weighted by Gasteiger charge is -2.09. The van der Waals surface area contributed by atoms with E-state index >= 15 is 0 Å². The van der Waals surface area contributed by atoms with Crippen molar-refractivity contribution in [3.63, 3.8) is 0 Å². The van der Waals surface area contributed by atoms with Gasteiger partial charge in [-0.25, -0.2) is 13.2 Å². The Morgan fingerprint density at radius 1 is 1.21 bits per heavy atom. The summed E-state index contributed by atoms with van der Waals surface area (Å²) in [4.78, 5) is 11.3. The molecule has 0 saturated heterocycles. The highest BCUT2D eigenvalue weighted by atomic mass is 19.2. The van der Waals surface area contributed by atoms with E-state index in [1.165, 1.54) is 0 Å². The number of carbonyl (C=O) groups excluding carboxylic acids is 1. The van der Waals surface area contributed by atoms with Gasteiger partial charge in [-0.3, -0.25) is 4.79 Å². The third-order valence-corrected chi connectivity index (χ3v) is 2.35. The van der Waals surface area contributed by atoms with Crippen LogP contribution in [0.25, 0.3) is 0 Å². The van der Waals surface area contributed by atoms with Crippen molar-refractivity contribution in [1.82, 2.24) is 10.6 Å². The van der Waals surface area contributed by atoms with Crippen LogP contribution in [0.3, 0.4) is 0 Å². The second-order valence-electron chi connectivity index (χ2n) is 4.52. The Labute approximate surface area is 110 Å². The van der Waals surface area contributed by atoms with Gasteiger partial charge in [-0.2, -0.15) is 0 Å². The molecule has 1 aromatic carbocycles. The van der Waals surface area contributed by atoms with Crippen LogP contribution < -0.4 is 10.6 Å². The molecule has 2 N–H and O–H groups in total. The molecule has 0 fully saturated rings. The van der Waals surface area contributed by atoms with Crippen molar-refractivity contribution in [2.24, 2.45) is 0 Å². The summed E-state index contributed by atoms with van der Waals surface area (Å²) in [6.45, 7) is 4.26. The largest absolute Gasteiger partial charge is 0.354 e. The highest BCUT2D eigenvalue weighted by molar-refractivity contribution is 5.76. The molecule has 0 saturated carbocycles. The predicted molar refractivity (Wildman–Crippen MR) is 65.9 cm³/mol. The number of rotatable bonds is 6. The summed E-state index contributed by atoms with van der Waals surface area (Å²) in [5.74, 6) is -4.00. The normalized spacial score (nSPS) is 10.8. The Kier molecular flexibility index (Phi) is 5.82. The first-order valence-electron chi connectivity index (χ1n) is 6.03. The lowest BCUT2D eigenvalue weighted by atomic mass is 10.2. The Balaban J connectivity index is 2.36. The van der Waals surface area contributed by atoms with Crippen LogP contribution in [-0.4, -0.2) is 18.5 Å². The molecule has 1 rings (SSSR count). The molecule has 0 aliphatic carbocycles. The predicted octanol–water partition coefficient (Wildman–Crippen LogP) is 2.11. The van der Waals surface area contributed by atoms with Crippen LogP contribution in [0.15, 0.2) is 12.1 Å². The van der Waals surface area contributed by atoms with Gasteiger partial charge in [0, 0.05) is 25.6 Å². The van der Waals surface area contributed by atoms with E-state index in [1.807, 2.05) is 13.8 Å². The molecule has 0 radical (unpaired) electrons. The number of hydrogen-bond acceptors (Lipinski definition) is 2. The summed E-state index contributed by atoms with van der Waals surface area (Å²) in [6.07, 6.45) is 0.268. The molecular weight excluding hydrogens is 257 g/mol. The molecule has 0 atom stereocenters. The van der Waals surface area contributed by atoms with Crippen molar-refractivity contribution in [2.75, 3.05) is 6.54 Å². The molecule has 1 aromatic rings. The van der Waals surface area contributed by atoms with Crippen LogP contribution in [-0.2, 0) is 11.3 Å². The van der Waals surface area contributed by atoms with E-state index in [0.29, 0.717) is 12.1 Å². The molecule has 1 amide bonds. The van der Waals surface area contributed by atoms with Crippen molar-refractivity contribution >= 4 is 5.91 Å². The Hall–Kier alpha value is -1.56. The number of carbonyl (C=O) groups is 1. The number of nitrogens with one attached hydrogen (secondary N) is 2. The van der Waals surface area contributed by atoms with Crippen LogP contribution in [0.1, 0.15) is 25.8 Å². The molecule has 0 heterocycles. The van der Waals surface area contributed by atoms with Gasteiger partial charge in [0.1, 0.15) is 0 Å². The number of halogens is 3. The molecule has 106 valence electrons. The second-order valence-corrected chi connectivity index (χ2v) is 4.52. The van der Waals surface area contributed by atoms with E-state index in [1.54, 1.807) is 0 Å². The van der Waals surface area contributed by atoms with Crippen molar-refractivity contribution < 1.29 is 18.0 Å².